The summed E-state index contributed by atoms with van der Waals surface area (Å²) in [6.45, 7) is 10.6. The zero-order valence-corrected chi connectivity index (χ0v) is 12.6. The molecule has 112 valence electrons. The predicted molar refractivity (Wildman–Crippen MR) is 77.5 cm³/mol. The first-order valence-electron chi connectivity index (χ1n) is 7.92. The maximum absolute atomic E-state index is 5.67. The van der Waals surface area contributed by atoms with Crippen LogP contribution >= 0.6 is 0 Å². The van der Waals surface area contributed by atoms with Crippen molar-refractivity contribution in [1.82, 2.24) is 10.2 Å². The van der Waals surface area contributed by atoms with Gasteiger partial charge in [-0.3, -0.25) is 4.90 Å². The van der Waals surface area contributed by atoms with Gasteiger partial charge in [0.25, 0.3) is 0 Å². The van der Waals surface area contributed by atoms with Crippen molar-refractivity contribution in [3.05, 3.63) is 0 Å². The fourth-order valence-corrected chi connectivity index (χ4v) is 2.89. The van der Waals surface area contributed by atoms with Crippen LogP contribution in [-0.2, 0) is 9.47 Å². The Morgan fingerprint density at radius 2 is 2.26 bits per heavy atom. The van der Waals surface area contributed by atoms with E-state index >= 15 is 0 Å². The number of nitrogens with zero attached hydrogens (tertiary/aromatic N) is 1. The molecule has 4 heteroatoms. The van der Waals surface area contributed by atoms with E-state index in [1.165, 1.54) is 32.4 Å². The van der Waals surface area contributed by atoms with Gasteiger partial charge in [0.15, 0.2) is 0 Å². The Bertz CT molecular complexity index is 242. The van der Waals surface area contributed by atoms with Crippen LogP contribution in [0.15, 0.2) is 0 Å². The molecule has 2 fully saturated rings. The summed E-state index contributed by atoms with van der Waals surface area (Å²) in [5.74, 6) is 0. The van der Waals surface area contributed by atoms with Crippen LogP contribution < -0.4 is 5.32 Å². The summed E-state index contributed by atoms with van der Waals surface area (Å²) in [6, 6.07) is 1.36. The highest BCUT2D eigenvalue weighted by atomic mass is 16.5. The van der Waals surface area contributed by atoms with Gasteiger partial charge in [-0.1, -0.05) is 0 Å². The van der Waals surface area contributed by atoms with E-state index in [1.54, 1.807) is 0 Å². The quantitative estimate of drug-likeness (QED) is 0.680. The third kappa shape index (κ3) is 5.38. The van der Waals surface area contributed by atoms with E-state index < -0.39 is 0 Å². The van der Waals surface area contributed by atoms with Crippen LogP contribution in [0.2, 0.25) is 0 Å². The SMILES string of the molecule is CC(C)N1CCC(NCCCOCC2CCCO2)C1. The Hall–Kier alpha value is -0.160. The zero-order chi connectivity index (χ0) is 13.5. The molecule has 0 spiro atoms. The molecule has 0 aromatic heterocycles. The van der Waals surface area contributed by atoms with Crippen LogP contribution in [0, 0.1) is 0 Å². The molecule has 0 saturated carbocycles. The van der Waals surface area contributed by atoms with Gasteiger partial charge in [0.1, 0.15) is 0 Å². The van der Waals surface area contributed by atoms with Gasteiger partial charge in [-0.15, -0.1) is 0 Å². The third-order valence-electron chi connectivity index (χ3n) is 4.18. The predicted octanol–water partition coefficient (Wildman–Crippen LogP) is 1.64. The largest absolute Gasteiger partial charge is 0.379 e. The van der Waals surface area contributed by atoms with Crippen molar-refractivity contribution in [3.8, 4) is 0 Å². The lowest BCUT2D eigenvalue weighted by Gasteiger charge is -2.20. The molecule has 2 heterocycles. The molecule has 0 aromatic carbocycles. The second-order valence-electron chi connectivity index (χ2n) is 6.09. The smallest absolute Gasteiger partial charge is 0.0809 e. The molecule has 0 aromatic rings. The van der Waals surface area contributed by atoms with Gasteiger partial charge in [-0.05, 0) is 52.6 Å². The van der Waals surface area contributed by atoms with Gasteiger partial charge in [0.05, 0.1) is 12.7 Å². The van der Waals surface area contributed by atoms with Crippen molar-refractivity contribution in [2.24, 2.45) is 0 Å². The Morgan fingerprint density at radius 3 is 2.95 bits per heavy atom. The molecular weight excluding hydrogens is 240 g/mol. The average Bonchev–Trinajstić information content (AvgIpc) is 3.04. The second-order valence-corrected chi connectivity index (χ2v) is 6.09. The zero-order valence-electron chi connectivity index (χ0n) is 12.6. The van der Waals surface area contributed by atoms with Crippen molar-refractivity contribution in [1.29, 1.82) is 0 Å². The van der Waals surface area contributed by atoms with Crippen molar-refractivity contribution in [2.75, 3.05) is 39.5 Å². The number of likely N-dealkylation sites (tertiary alicyclic amines) is 1. The topological polar surface area (TPSA) is 33.7 Å². The van der Waals surface area contributed by atoms with Gasteiger partial charge in [-0.25, -0.2) is 0 Å². The molecule has 2 aliphatic rings. The Labute approximate surface area is 117 Å². The number of hydrogen-bond acceptors (Lipinski definition) is 4. The number of ether oxygens (including phenoxy) is 2. The standard InChI is InChI=1S/C15H30N2O2/c1-13(2)17-8-6-14(11-17)16-7-4-9-18-12-15-5-3-10-19-15/h13-16H,3-12H2,1-2H3. The molecule has 2 rings (SSSR count). The van der Waals surface area contributed by atoms with Crippen LogP contribution in [0.25, 0.3) is 0 Å². The lowest BCUT2D eigenvalue weighted by Crippen LogP contribution is -2.35. The van der Waals surface area contributed by atoms with Gasteiger partial charge in [0.2, 0.25) is 0 Å². The average molecular weight is 270 g/mol. The van der Waals surface area contributed by atoms with E-state index in [0.717, 1.165) is 32.8 Å². The van der Waals surface area contributed by atoms with Crippen molar-refractivity contribution in [2.45, 2.75) is 57.7 Å². The first-order chi connectivity index (χ1) is 9.25. The van der Waals surface area contributed by atoms with Gasteiger partial charge < -0.3 is 14.8 Å². The van der Waals surface area contributed by atoms with Crippen LogP contribution in [-0.4, -0.2) is 62.5 Å². The second kappa shape index (κ2) is 8.20. The van der Waals surface area contributed by atoms with Gasteiger partial charge in [-0.2, -0.15) is 0 Å². The fraction of sp³-hybridized carbons (Fsp3) is 1.00. The van der Waals surface area contributed by atoms with E-state index in [-0.39, 0.29) is 0 Å². The van der Waals surface area contributed by atoms with Crippen LogP contribution in [0.3, 0.4) is 0 Å². The molecule has 4 nitrogen and oxygen atoms in total. The summed E-state index contributed by atoms with van der Waals surface area (Å²) in [4.78, 5) is 2.55. The Balaban J connectivity index is 1.42. The first kappa shape index (κ1) is 15.2. The van der Waals surface area contributed by atoms with Crippen LogP contribution in [0.4, 0.5) is 0 Å². The summed E-state index contributed by atoms with van der Waals surface area (Å²) in [7, 11) is 0. The maximum atomic E-state index is 5.67. The number of nitrogens with one attached hydrogen (secondary N) is 1. The molecule has 19 heavy (non-hydrogen) atoms. The van der Waals surface area contributed by atoms with E-state index in [9.17, 15) is 0 Å². The highest BCUT2D eigenvalue weighted by molar-refractivity contribution is 4.82. The van der Waals surface area contributed by atoms with E-state index in [1.807, 2.05) is 0 Å². The van der Waals surface area contributed by atoms with Crippen molar-refractivity contribution in [3.63, 3.8) is 0 Å². The van der Waals surface area contributed by atoms with Gasteiger partial charge in [0, 0.05) is 31.8 Å². The lowest BCUT2D eigenvalue weighted by molar-refractivity contribution is 0.0165. The molecule has 0 bridgehead atoms. The molecule has 2 atom stereocenters. The highest BCUT2D eigenvalue weighted by Crippen LogP contribution is 2.13. The fourth-order valence-electron chi connectivity index (χ4n) is 2.89. The van der Waals surface area contributed by atoms with E-state index in [2.05, 4.69) is 24.1 Å². The number of hydrogen-bond donors (Lipinski definition) is 1. The summed E-state index contributed by atoms with van der Waals surface area (Å²) >= 11 is 0. The highest BCUT2D eigenvalue weighted by Gasteiger charge is 2.23. The van der Waals surface area contributed by atoms with E-state index in [0.29, 0.717) is 18.2 Å². The summed E-state index contributed by atoms with van der Waals surface area (Å²) < 4.78 is 11.2. The molecule has 0 aliphatic carbocycles. The van der Waals surface area contributed by atoms with Crippen LogP contribution in [0.5, 0.6) is 0 Å². The Kier molecular flexibility index (Phi) is 6.57. The minimum absolute atomic E-state index is 0.363. The third-order valence-corrected chi connectivity index (χ3v) is 4.18. The molecule has 2 unspecified atom stereocenters. The van der Waals surface area contributed by atoms with Crippen LogP contribution in [0.1, 0.15) is 39.5 Å². The molecule has 2 saturated heterocycles. The van der Waals surface area contributed by atoms with E-state index in [4.69, 9.17) is 9.47 Å². The Morgan fingerprint density at radius 1 is 1.37 bits per heavy atom. The molecule has 1 N–H and O–H groups in total. The molecule has 0 radical (unpaired) electrons. The van der Waals surface area contributed by atoms with Crippen molar-refractivity contribution < 1.29 is 9.47 Å². The minimum atomic E-state index is 0.363. The summed E-state index contributed by atoms with van der Waals surface area (Å²) in [6.07, 6.45) is 5.12. The molecule has 0 amide bonds. The van der Waals surface area contributed by atoms with Gasteiger partial charge >= 0.3 is 0 Å². The maximum Gasteiger partial charge on any atom is 0.0809 e. The summed E-state index contributed by atoms with van der Waals surface area (Å²) in [5.41, 5.74) is 0. The molecular formula is C15H30N2O2. The normalized spacial score (nSPS) is 28.6. The van der Waals surface area contributed by atoms with Crippen molar-refractivity contribution >= 4 is 0 Å². The minimum Gasteiger partial charge on any atom is -0.379 e. The monoisotopic (exact) mass is 270 g/mol. The summed E-state index contributed by atoms with van der Waals surface area (Å²) in [5, 5.41) is 3.64. The lowest BCUT2D eigenvalue weighted by atomic mass is 10.2. The first-order valence-corrected chi connectivity index (χ1v) is 7.92. The molecule has 2 aliphatic heterocycles. The number of rotatable bonds is 8.